The highest BCUT2D eigenvalue weighted by molar-refractivity contribution is 6.01. The predicted molar refractivity (Wildman–Crippen MR) is 73.7 cm³/mol. The zero-order valence-corrected chi connectivity index (χ0v) is 11.9. The monoisotopic (exact) mass is 263 g/mol. The van der Waals surface area contributed by atoms with Crippen molar-refractivity contribution in [3.8, 4) is 0 Å². The Balaban J connectivity index is 2.52. The lowest BCUT2D eigenvalue weighted by Crippen LogP contribution is -2.43. The number of esters is 1. The molecule has 0 radical (unpaired) electrons. The van der Waals surface area contributed by atoms with Crippen molar-refractivity contribution in [2.45, 2.75) is 27.2 Å². The van der Waals surface area contributed by atoms with Crippen LogP contribution in [0.25, 0.3) is 0 Å². The van der Waals surface area contributed by atoms with E-state index in [2.05, 4.69) is 10.1 Å². The van der Waals surface area contributed by atoms with Crippen molar-refractivity contribution in [2.75, 3.05) is 13.7 Å². The molecule has 1 amide bonds. The summed E-state index contributed by atoms with van der Waals surface area (Å²) < 4.78 is 4.62. The van der Waals surface area contributed by atoms with Crippen molar-refractivity contribution in [3.05, 3.63) is 35.4 Å². The quantitative estimate of drug-likeness (QED) is 0.651. The highest BCUT2D eigenvalue weighted by atomic mass is 16.5. The van der Waals surface area contributed by atoms with Gasteiger partial charge in [0.25, 0.3) is 0 Å². The van der Waals surface area contributed by atoms with E-state index in [1.54, 1.807) is 13.8 Å². The second-order valence-electron chi connectivity index (χ2n) is 5.05. The smallest absolute Gasteiger partial charge is 0.320 e. The first-order valence-electron chi connectivity index (χ1n) is 6.31. The zero-order chi connectivity index (χ0) is 14.5. The summed E-state index contributed by atoms with van der Waals surface area (Å²) in [7, 11) is 1.28. The lowest BCUT2D eigenvalue weighted by atomic mass is 9.92. The first-order valence-corrected chi connectivity index (χ1v) is 6.31. The minimum atomic E-state index is -1.15. The minimum Gasteiger partial charge on any atom is -0.468 e. The van der Waals surface area contributed by atoms with Gasteiger partial charge < -0.3 is 10.1 Å². The van der Waals surface area contributed by atoms with Gasteiger partial charge >= 0.3 is 5.97 Å². The molecule has 0 saturated heterocycles. The van der Waals surface area contributed by atoms with E-state index < -0.39 is 11.4 Å². The van der Waals surface area contributed by atoms with Crippen LogP contribution in [-0.4, -0.2) is 25.5 Å². The maximum atomic E-state index is 11.9. The van der Waals surface area contributed by atoms with Gasteiger partial charge in [-0.15, -0.1) is 0 Å². The molecule has 1 aromatic rings. The maximum Gasteiger partial charge on any atom is 0.320 e. The molecule has 0 aliphatic rings. The van der Waals surface area contributed by atoms with E-state index in [1.165, 1.54) is 18.2 Å². The number of methoxy groups -OCH3 is 1. The first-order chi connectivity index (χ1) is 8.89. The molecule has 1 rings (SSSR count). The Morgan fingerprint density at radius 1 is 1.26 bits per heavy atom. The molecule has 104 valence electrons. The summed E-state index contributed by atoms with van der Waals surface area (Å²) in [5.41, 5.74) is 1.24. The van der Waals surface area contributed by atoms with Gasteiger partial charge in [-0.3, -0.25) is 9.59 Å². The molecular formula is C15H21NO3. The fourth-order valence-electron chi connectivity index (χ4n) is 1.77. The topological polar surface area (TPSA) is 55.4 Å². The Kier molecular flexibility index (Phi) is 5.10. The van der Waals surface area contributed by atoms with Crippen molar-refractivity contribution < 1.29 is 14.3 Å². The number of nitrogens with one attached hydrogen (secondary N) is 1. The summed E-state index contributed by atoms with van der Waals surface area (Å²) in [6.45, 7) is 5.66. The van der Waals surface area contributed by atoms with Crippen molar-refractivity contribution in [2.24, 2.45) is 5.41 Å². The number of hydrogen-bond donors (Lipinski definition) is 1. The van der Waals surface area contributed by atoms with E-state index in [0.29, 0.717) is 6.54 Å². The van der Waals surface area contributed by atoms with E-state index in [0.717, 1.165) is 6.42 Å². The van der Waals surface area contributed by atoms with E-state index in [1.807, 2.05) is 31.2 Å². The molecule has 0 aliphatic carbocycles. The summed E-state index contributed by atoms with van der Waals surface area (Å²) in [6, 6.07) is 8.03. The highest BCUT2D eigenvalue weighted by Gasteiger charge is 2.36. The molecule has 19 heavy (non-hydrogen) atoms. The van der Waals surface area contributed by atoms with Crippen LogP contribution in [0.5, 0.6) is 0 Å². The lowest BCUT2D eigenvalue weighted by Gasteiger charge is -2.20. The Morgan fingerprint density at radius 2 is 1.89 bits per heavy atom. The predicted octanol–water partition coefficient (Wildman–Crippen LogP) is 1.85. The molecule has 0 spiro atoms. The van der Waals surface area contributed by atoms with Crippen molar-refractivity contribution in [3.63, 3.8) is 0 Å². The molecule has 0 aliphatic heterocycles. The Morgan fingerprint density at radius 3 is 2.47 bits per heavy atom. The Bertz CT molecular complexity index is 466. The van der Waals surface area contributed by atoms with Gasteiger partial charge in [-0.05, 0) is 38.3 Å². The summed E-state index contributed by atoms with van der Waals surface area (Å²) in [5.74, 6) is -0.839. The molecule has 4 heteroatoms. The van der Waals surface area contributed by atoms with Crippen LogP contribution >= 0.6 is 0 Å². The van der Waals surface area contributed by atoms with Gasteiger partial charge in [0.05, 0.1) is 7.11 Å². The van der Waals surface area contributed by atoms with Gasteiger partial charge in [0, 0.05) is 6.54 Å². The average molecular weight is 263 g/mol. The Labute approximate surface area is 114 Å². The number of carbonyl (C=O) groups excluding carboxylic acids is 2. The van der Waals surface area contributed by atoms with Crippen molar-refractivity contribution in [1.82, 2.24) is 5.32 Å². The fourth-order valence-corrected chi connectivity index (χ4v) is 1.77. The molecule has 4 nitrogen and oxygen atoms in total. The number of carbonyl (C=O) groups is 2. The van der Waals surface area contributed by atoms with Gasteiger partial charge in [-0.1, -0.05) is 24.3 Å². The number of aryl methyl sites for hydroxylation is 1. The summed E-state index contributed by atoms with van der Waals surface area (Å²) >= 11 is 0. The first kappa shape index (κ1) is 15.2. The molecule has 0 heterocycles. The van der Waals surface area contributed by atoms with Gasteiger partial charge in [-0.25, -0.2) is 0 Å². The summed E-state index contributed by atoms with van der Waals surface area (Å²) in [6.07, 6.45) is 0.746. The molecule has 0 saturated carbocycles. The van der Waals surface area contributed by atoms with Crippen molar-refractivity contribution >= 4 is 11.9 Å². The molecule has 1 aromatic carbocycles. The molecule has 1 N–H and O–H groups in total. The van der Waals surface area contributed by atoms with Crippen molar-refractivity contribution in [1.29, 1.82) is 0 Å². The van der Waals surface area contributed by atoms with E-state index in [4.69, 9.17) is 0 Å². The van der Waals surface area contributed by atoms with Crippen LogP contribution in [-0.2, 0) is 20.7 Å². The van der Waals surface area contributed by atoms with Crippen LogP contribution < -0.4 is 5.32 Å². The second-order valence-corrected chi connectivity index (χ2v) is 5.05. The molecule has 0 atom stereocenters. The largest absolute Gasteiger partial charge is 0.468 e. The SMILES string of the molecule is COC(=O)C(C)(C)C(=O)NCCc1ccccc1C. The number of benzene rings is 1. The van der Waals surface area contributed by atoms with Crippen LogP contribution in [0.4, 0.5) is 0 Å². The molecule has 0 unspecified atom stereocenters. The Hall–Kier alpha value is -1.84. The lowest BCUT2D eigenvalue weighted by molar-refractivity contribution is -0.156. The third-order valence-corrected chi connectivity index (χ3v) is 3.20. The minimum absolute atomic E-state index is 0.312. The second kappa shape index (κ2) is 6.36. The zero-order valence-electron chi connectivity index (χ0n) is 11.9. The van der Waals surface area contributed by atoms with Crippen LogP contribution in [0, 0.1) is 12.3 Å². The van der Waals surface area contributed by atoms with Crippen LogP contribution in [0.1, 0.15) is 25.0 Å². The maximum absolute atomic E-state index is 11.9. The van der Waals surface area contributed by atoms with E-state index in [-0.39, 0.29) is 5.91 Å². The number of hydrogen-bond acceptors (Lipinski definition) is 3. The fraction of sp³-hybridized carbons (Fsp3) is 0.467. The molecule has 0 fully saturated rings. The van der Waals surface area contributed by atoms with E-state index in [9.17, 15) is 9.59 Å². The van der Waals surface area contributed by atoms with Gasteiger partial charge in [0.1, 0.15) is 5.41 Å². The van der Waals surface area contributed by atoms with Crippen LogP contribution in [0.2, 0.25) is 0 Å². The average Bonchev–Trinajstić information content (AvgIpc) is 2.39. The normalized spacial score (nSPS) is 10.9. The van der Waals surface area contributed by atoms with Gasteiger partial charge in [0.2, 0.25) is 5.91 Å². The third-order valence-electron chi connectivity index (χ3n) is 3.20. The number of amides is 1. The van der Waals surface area contributed by atoms with Gasteiger partial charge in [-0.2, -0.15) is 0 Å². The highest BCUT2D eigenvalue weighted by Crippen LogP contribution is 2.17. The summed E-state index contributed by atoms with van der Waals surface area (Å²) in [5, 5.41) is 2.77. The molecule has 0 bridgehead atoms. The third kappa shape index (κ3) is 3.81. The standard InChI is InChI=1S/C15H21NO3/c1-11-7-5-6-8-12(11)9-10-16-13(17)15(2,3)14(18)19-4/h5-8H,9-10H2,1-4H3,(H,16,17). The molecule has 0 aromatic heterocycles. The van der Waals surface area contributed by atoms with Gasteiger partial charge in [0.15, 0.2) is 0 Å². The summed E-state index contributed by atoms with van der Waals surface area (Å²) in [4.78, 5) is 23.4. The van der Waals surface area contributed by atoms with Crippen LogP contribution in [0.15, 0.2) is 24.3 Å². The number of ether oxygens (including phenoxy) is 1. The molecular weight excluding hydrogens is 242 g/mol. The number of rotatable bonds is 5. The van der Waals surface area contributed by atoms with Crippen LogP contribution in [0.3, 0.4) is 0 Å². The van der Waals surface area contributed by atoms with E-state index >= 15 is 0 Å².